The van der Waals surface area contributed by atoms with Gasteiger partial charge in [-0.15, -0.1) is 0 Å². The molecule has 1 unspecified atom stereocenters. The number of sulfonamides is 1. The number of hydrogen-bond acceptors (Lipinski definition) is 4. The van der Waals surface area contributed by atoms with Crippen molar-refractivity contribution in [3.05, 3.63) is 133 Å². The van der Waals surface area contributed by atoms with E-state index in [1.807, 2.05) is 104 Å². The average Bonchev–Trinajstić information content (AvgIpc) is 3.00. The molecule has 2 amide bonds. The number of carbonyl (C=O) groups excluding carboxylic acids is 2. The normalized spacial score (nSPS) is 12.0. The summed E-state index contributed by atoms with van der Waals surface area (Å²) in [4.78, 5) is 29.3. The Kier molecular flexibility index (Phi) is 8.26. The van der Waals surface area contributed by atoms with Gasteiger partial charge in [-0.25, -0.2) is 13.1 Å². The average molecular weight is 563 g/mol. The number of benzene rings is 5. The SMILES string of the molecule is CCN(C(=O)C(Cc1ccccc1-c1ccccc1)C(=O)NS(=O)(=O)c1ccc2ccccc2c1)c1ccccc1. The largest absolute Gasteiger partial charge is 0.312 e. The second-order valence-corrected chi connectivity index (χ2v) is 11.4. The lowest BCUT2D eigenvalue weighted by molar-refractivity contribution is -0.132. The molecule has 0 saturated heterocycles. The molecule has 0 spiro atoms. The first kappa shape index (κ1) is 27.8. The van der Waals surface area contributed by atoms with Crippen molar-refractivity contribution in [1.82, 2.24) is 4.72 Å². The van der Waals surface area contributed by atoms with Gasteiger partial charge in [0, 0.05) is 12.2 Å². The minimum Gasteiger partial charge on any atom is -0.312 e. The van der Waals surface area contributed by atoms with E-state index in [1.54, 1.807) is 18.2 Å². The molecule has 5 rings (SSSR count). The maximum Gasteiger partial charge on any atom is 0.264 e. The summed E-state index contributed by atoms with van der Waals surface area (Å²) in [5, 5.41) is 1.61. The summed E-state index contributed by atoms with van der Waals surface area (Å²) in [6.45, 7) is 2.13. The number of fused-ring (bicyclic) bond motifs is 1. The first-order valence-electron chi connectivity index (χ1n) is 13.4. The van der Waals surface area contributed by atoms with Crippen LogP contribution in [0.15, 0.2) is 132 Å². The zero-order valence-electron chi connectivity index (χ0n) is 22.6. The van der Waals surface area contributed by atoms with E-state index in [0.29, 0.717) is 12.2 Å². The van der Waals surface area contributed by atoms with Crippen LogP contribution in [-0.4, -0.2) is 26.8 Å². The molecular formula is C34H30N2O4S. The highest BCUT2D eigenvalue weighted by Gasteiger charge is 2.34. The Balaban J connectivity index is 1.52. The molecule has 206 valence electrons. The Morgan fingerprint density at radius 1 is 0.732 bits per heavy atom. The number of para-hydroxylation sites is 1. The smallest absolute Gasteiger partial charge is 0.264 e. The lowest BCUT2D eigenvalue weighted by Crippen LogP contribution is -2.46. The minimum absolute atomic E-state index is 0.0201. The zero-order valence-corrected chi connectivity index (χ0v) is 23.4. The van der Waals surface area contributed by atoms with E-state index in [9.17, 15) is 18.0 Å². The van der Waals surface area contributed by atoms with Crippen LogP contribution in [0.5, 0.6) is 0 Å². The minimum atomic E-state index is -4.25. The highest BCUT2D eigenvalue weighted by atomic mass is 32.2. The van der Waals surface area contributed by atoms with Gasteiger partial charge in [0.15, 0.2) is 0 Å². The van der Waals surface area contributed by atoms with Gasteiger partial charge in [0.2, 0.25) is 11.8 Å². The number of amides is 2. The van der Waals surface area contributed by atoms with Crippen LogP contribution < -0.4 is 9.62 Å². The Labute approximate surface area is 240 Å². The van der Waals surface area contributed by atoms with Crippen LogP contribution >= 0.6 is 0 Å². The summed E-state index contributed by atoms with van der Waals surface area (Å²) in [5.74, 6) is -2.65. The van der Waals surface area contributed by atoms with Gasteiger partial charge in [-0.2, -0.15) is 0 Å². The van der Waals surface area contributed by atoms with Gasteiger partial charge in [0.1, 0.15) is 5.92 Å². The highest BCUT2D eigenvalue weighted by Crippen LogP contribution is 2.28. The quantitative estimate of drug-likeness (QED) is 0.216. The molecule has 6 nitrogen and oxygen atoms in total. The third-order valence-corrected chi connectivity index (χ3v) is 8.40. The van der Waals surface area contributed by atoms with E-state index in [2.05, 4.69) is 4.72 Å². The van der Waals surface area contributed by atoms with Gasteiger partial charge in [0.25, 0.3) is 10.0 Å². The van der Waals surface area contributed by atoms with Gasteiger partial charge < -0.3 is 4.90 Å². The molecule has 0 aliphatic rings. The van der Waals surface area contributed by atoms with Crippen LogP contribution in [0, 0.1) is 5.92 Å². The molecule has 1 N–H and O–H groups in total. The first-order valence-corrected chi connectivity index (χ1v) is 14.9. The fourth-order valence-electron chi connectivity index (χ4n) is 4.97. The lowest BCUT2D eigenvalue weighted by Gasteiger charge is -2.26. The summed E-state index contributed by atoms with van der Waals surface area (Å²) >= 11 is 0. The van der Waals surface area contributed by atoms with Crippen LogP contribution in [0.2, 0.25) is 0 Å². The van der Waals surface area contributed by atoms with Crippen LogP contribution in [0.1, 0.15) is 12.5 Å². The van der Waals surface area contributed by atoms with Gasteiger partial charge in [-0.05, 0) is 65.1 Å². The van der Waals surface area contributed by atoms with Crippen molar-refractivity contribution in [2.24, 2.45) is 5.92 Å². The third-order valence-electron chi connectivity index (χ3n) is 7.06. The van der Waals surface area contributed by atoms with E-state index < -0.39 is 27.8 Å². The maximum atomic E-state index is 14.0. The molecule has 5 aromatic rings. The van der Waals surface area contributed by atoms with Gasteiger partial charge in [-0.1, -0.05) is 103 Å². The number of hydrogen-bond donors (Lipinski definition) is 1. The van der Waals surface area contributed by atoms with E-state index in [4.69, 9.17) is 0 Å². The molecule has 0 heterocycles. The van der Waals surface area contributed by atoms with Crippen LogP contribution in [0.3, 0.4) is 0 Å². The number of nitrogens with zero attached hydrogens (tertiary/aromatic N) is 1. The fraction of sp³-hybridized carbons (Fsp3) is 0.118. The molecule has 0 fully saturated rings. The second-order valence-electron chi connectivity index (χ2n) is 9.68. The van der Waals surface area contributed by atoms with Gasteiger partial charge >= 0.3 is 0 Å². The van der Waals surface area contributed by atoms with E-state index in [0.717, 1.165) is 27.5 Å². The molecule has 0 saturated carbocycles. The van der Waals surface area contributed by atoms with Crippen LogP contribution in [0.25, 0.3) is 21.9 Å². The molecule has 0 radical (unpaired) electrons. The van der Waals surface area contributed by atoms with Crippen molar-refractivity contribution in [3.63, 3.8) is 0 Å². The third kappa shape index (κ3) is 6.21. The van der Waals surface area contributed by atoms with E-state index in [-0.39, 0.29) is 11.3 Å². The molecule has 41 heavy (non-hydrogen) atoms. The summed E-state index contributed by atoms with van der Waals surface area (Å²) in [5.41, 5.74) is 3.21. The number of anilines is 1. The molecule has 0 aliphatic heterocycles. The Hall–Kier alpha value is -4.75. The maximum absolute atomic E-state index is 14.0. The van der Waals surface area contributed by atoms with Gasteiger partial charge in [0.05, 0.1) is 4.90 Å². The lowest BCUT2D eigenvalue weighted by atomic mass is 9.91. The van der Waals surface area contributed by atoms with Crippen molar-refractivity contribution in [1.29, 1.82) is 0 Å². The van der Waals surface area contributed by atoms with E-state index >= 15 is 0 Å². The molecule has 7 heteroatoms. The van der Waals surface area contributed by atoms with Crippen molar-refractivity contribution < 1.29 is 18.0 Å². The Morgan fingerprint density at radius 3 is 2.05 bits per heavy atom. The molecular weight excluding hydrogens is 532 g/mol. The summed E-state index contributed by atoms with van der Waals surface area (Å²) in [6.07, 6.45) is 0.0201. The van der Waals surface area contributed by atoms with Crippen molar-refractivity contribution in [2.75, 3.05) is 11.4 Å². The molecule has 0 aliphatic carbocycles. The molecule has 0 bridgehead atoms. The predicted molar refractivity (Wildman–Crippen MR) is 163 cm³/mol. The topological polar surface area (TPSA) is 83.6 Å². The number of rotatable bonds is 9. The number of nitrogens with one attached hydrogen (secondary N) is 1. The summed E-state index contributed by atoms with van der Waals surface area (Å²) in [6, 6.07) is 38.3. The standard InChI is InChI=1S/C34H30N2O4S/c1-2-36(29-18-7-4-8-19-29)34(38)32(24-28-17-11-12-20-31(28)26-14-5-3-6-15-26)33(37)35-41(39,40)30-22-21-25-13-9-10-16-27(25)23-30/h3-23,32H,2,24H2,1H3,(H,35,37). The van der Waals surface area contributed by atoms with Crippen molar-refractivity contribution >= 4 is 38.3 Å². The zero-order chi connectivity index (χ0) is 28.8. The molecule has 1 atom stereocenters. The number of carbonyl (C=O) groups is 2. The Bertz CT molecular complexity index is 1790. The summed E-state index contributed by atoms with van der Waals surface area (Å²) in [7, 11) is -4.25. The monoisotopic (exact) mass is 562 g/mol. The molecule has 5 aromatic carbocycles. The Morgan fingerprint density at radius 2 is 1.34 bits per heavy atom. The van der Waals surface area contributed by atoms with Crippen molar-refractivity contribution in [2.45, 2.75) is 18.2 Å². The predicted octanol–water partition coefficient (Wildman–Crippen LogP) is 6.22. The van der Waals surface area contributed by atoms with Crippen LogP contribution in [-0.2, 0) is 26.0 Å². The summed E-state index contributed by atoms with van der Waals surface area (Å²) < 4.78 is 29.0. The second kappa shape index (κ2) is 12.2. The fourth-order valence-corrected chi connectivity index (χ4v) is 6.02. The van der Waals surface area contributed by atoms with Crippen LogP contribution in [0.4, 0.5) is 5.69 Å². The highest BCUT2D eigenvalue weighted by molar-refractivity contribution is 7.90. The first-order chi connectivity index (χ1) is 19.9. The van der Waals surface area contributed by atoms with E-state index in [1.165, 1.54) is 17.0 Å². The van der Waals surface area contributed by atoms with Crippen molar-refractivity contribution in [3.8, 4) is 11.1 Å². The molecule has 0 aromatic heterocycles. The van der Waals surface area contributed by atoms with Gasteiger partial charge in [-0.3, -0.25) is 9.59 Å².